The van der Waals surface area contributed by atoms with E-state index in [9.17, 15) is 14.7 Å². The Morgan fingerprint density at radius 1 is 1.11 bits per heavy atom. The summed E-state index contributed by atoms with van der Waals surface area (Å²) in [6.07, 6.45) is 2.18. The average Bonchev–Trinajstić information content (AvgIpc) is 3.06. The van der Waals surface area contributed by atoms with E-state index in [-0.39, 0.29) is 36.3 Å². The zero-order valence-corrected chi connectivity index (χ0v) is 15.8. The molecule has 144 valence electrons. The van der Waals surface area contributed by atoms with Gasteiger partial charge in [-0.15, -0.1) is 12.4 Å². The van der Waals surface area contributed by atoms with Gasteiger partial charge in [0.25, 0.3) is 11.8 Å². The molecule has 2 atom stereocenters. The fourth-order valence-electron chi connectivity index (χ4n) is 2.63. The predicted octanol–water partition coefficient (Wildman–Crippen LogP) is 1.11. The Labute approximate surface area is 167 Å². The standard InChI is InChI=1S/C17H18ClN5O3.ClH/c18-11-1-3-12(4-2-11)23-17(26)15-14(20-5-6-21-15)16(25)22-8-10-7-19-9-13(10)24;/h1-6,10,13,19,24H,7-9H2,(H,22,25)(H,23,26);1H. The predicted molar refractivity (Wildman–Crippen MR) is 103 cm³/mol. The van der Waals surface area contributed by atoms with Crippen LogP contribution in [-0.4, -0.2) is 52.6 Å². The summed E-state index contributed by atoms with van der Waals surface area (Å²) in [5, 5.41) is 18.7. The number of anilines is 1. The number of aliphatic hydroxyl groups excluding tert-OH is 1. The van der Waals surface area contributed by atoms with Gasteiger partial charge in [-0.3, -0.25) is 9.59 Å². The Morgan fingerprint density at radius 2 is 1.74 bits per heavy atom. The van der Waals surface area contributed by atoms with E-state index >= 15 is 0 Å². The third kappa shape index (κ3) is 5.36. The molecule has 1 aliphatic rings. The summed E-state index contributed by atoms with van der Waals surface area (Å²) in [6, 6.07) is 6.57. The van der Waals surface area contributed by atoms with Gasteiger partial charge in [0.1, 0.15) is 0 Å². The van der Waals surface area contributed by atoms with Crippen LogP contribution in [-0.2, 0) is 0 Å². The van der Waals surface area contributed by atoms with Crippen LogP contribution in [0.25, 0.3) is 0 Å². The number of amides is 2. The zero-order chi connectivity index (χ0) is 18.5. The van der Waals surface area contributed by atoms with E-state index in [0.29, 0.717) is 23.8 Å². The normalized spacial score (nSPS) is 18.4. The maximum atomic E-state index is 12.5. The molecule has 1 saturated heterocycles. The van der Waals surface area contributed by atoms with Crippen molar-refractivity contribution in [2.75, 3.05) is 25.0 Å². The van der Waals surface area contributed by atoms with Crippen LogP contribution in [0.4, 0.5) is 5.69 Å². The molecule has 1 fully saturated rings. The highest BCUT2D eigenvalue weighted by molar-refractivity contribution is 6.30. The Hall–Kier alpha value is -2.26. The Morgan fingerprint density at radius 3 is 2.33 bits per heavy atom. The van der Waals surface area contributed by atoms with Gasteiger partial charge in [0, 0.05) is 48.7 Å². The van der Waals surface area contributed by atoms with Gasteiger partial charge in [-0.2, -0.15) is 0 Å². The molecular weight excluding hydrogens is 393 g/mol. The van der Waals surface area contributed by atoms with Crippen LogP contribution in [0.2, 0.25) is 5.02 Å². The van der Waals surface area contributed by atoms with Crippen LogP contribution >= 0.6 is 24.0 Å². The van der Waals surface area contributed by atoms with Crippen LogP contribution in [0.1, 0.15) is 21.0 Å². The lowest BCUT2D eigenvalue weighted by Gasteiger charge is -2.14. The van der Waals surface area contributed by atoms with Crippen molar-refractivity contribution in [2.45, 2.75) is 6.10 Å². The number of β-amino-alcohol motifs (C(OH)–C–C–N with tert-alkyl or cyclic N) is 1. The Balaban J connectivity index is 0.00000261. The van der Waals surface area contributed by atoms with Gasteiger partial charge in [0.05, 0.1) is 6.10 Å². The van der Waals surface area contributed by atoms with Crippen molar-refractivity contribution in [3.05, 3.63) is 53.1 Å². The summed E-state index contributed by atoms with van der Waals surface area (Å²) in [5.74, 6) is -1.14. The molecule has 0 aliphatic carbocycles. The van der Waals surface area contributed by atoms with Crippen molar-refractivity contribution >= 4 is 41.5 Å². The second-order valence-corrected chi connectivity index (χ2v) is 6.35. The third-order valence-corrected chi connectivity index (χ3v) is 4.31. The summed E-state index contributed by atoms with van der Waals surface area (Å²) in [6.45, 7) is 1.40. The van der Waals surface area contributed by atoms with Crippen LogP contribution in [0.5, 0.6) is 0 Å². The topological polar surface area (TPSA) is 116 Å². The molecule has 1 aromatic carbocycles. The minimum atomic E-state index is -0.548. The molecule has 27 heavy (non-hydrogen) atoms. The van der Waals surface area contributed by atoms with Gasteiger partial charge < -0.3 is 21.1 Å². The molecule has 0 radical (unpaired) electrons. The van der Waals surface area contributed by atoms with E-state index in [4.69, 9.17) is 11.6 Å². The highest BCUT2D eigenvalue weighted by Crippen LogP contribution is 2.15. The molecule has 1 aromatic heterocycles. The number of hydrogen-bond donors (Lipinski definition) is 4. The summed E-state index contributed by atoms with van der Waals surface area (Å²) < 4.78 is 0. The number of nitrogens with zero attached hydrogens (tertiary/aromatic N) is 2. The molecule has 2 heterocycles. The first-order valence-electron chi connectivity index (χ1n) is 8.09. The summed E-state index contributed by atoms with van der Waals surface area (Å²) in [7, 11) is 0. The minimum absolute atomic E-state index is 0. The average molecular weight is 412 g/mol. The fourth-order valence-corrected chi connectivity index (χ4v) is 2.75. The molecule has 1 aliphatic heterocycles. The number of aromatic nitrogens is 2. The highest BCUT2D eigenvalue weighted by Gasteiger charge is 2.26. The number of rotatable bonds is 5. The number of carbonyl (C=O) groups is 2. The lowest BCUT2D eigenvalue weighted by molar-refractivity contribution is 0.0909. The van der Waals surface area contributed by atoms with Crippen LogP contribution in [0, 0.1) is 5.92 Å². The molecule has 10 heteroatoms. The monoisotopic (exact) mass is 411 g/mol. The van der Waals surface area contributed by atoms with Crippen molar-refractivity contribution in [1.29, 1.82) is 0 Å². The van der Waals surface area contributed by atoms with Crippen LogP contribution < -0.4 is 16.0 Å². The summed E-state index contributed by atoms with van der Waals surface area (Å²) >= 11 is 5.82. The Bertz CT molecular complexity index is 803. The van der Waals surface area contributed by atoms with E-state index in [2.05, 4.69) is 25.9 Å². The molecule has 0 saturated carbocycles. The number of benzene rings is 1. The molecule has 0 spiro atoms. The number of halogens is 2. The number of aliphatic hydroxyl groups is 1. The summed E-state index contributed by atoms with van der Waals surface area (Å²) in [5.41, 5.74) is 0.376. The van der Waals surface area contributed by atoms with E-state index in [1.807, 2.05) is 0 Å². The first kappa shape index (κ1) is 21.0. The van der Waals surface area contributed by atoms with E-state index in [1.165, 1.54) is 12.4 Å². The van der Waals surface area contributed by atoms with Gasteiger partial charge in [0.2, 0.25) is 0 Å². The quantitative estimate of drug-likeness (QED) is 0.585. The minimum Gasteiger partial charge on any atom is -0.391 e. The first-order chi connectivity index (χ1) is 12.5. The number of nitrogens with one attached hydrogen (secondary N) is 3. The second-order valence-electron chi connectivity index (χ2n) is 5.91. The third-order valence-electron chi connectivity index (χ3n) is 4.06. The molecular formula is C17H19Cl2N5O3. The van der Waals surface area contributed by atoms with E-state index in [1.54, 1.807) is 24.3 Å². The molecule has 2 aromatic rings. The van der Waals surface area contributed by atoms with Gasteiger partial charge in [-0.05, 0) is 24.3 Å². The van der Waals surface area contributed by atoms with E-state index in [0.717, 1.165) is 0 Å². The van der Waals surface area contributed by atoms with Crippen molar-refractivity contribution in [2.24, 2.45) is 5.92 Å². The van der Waals surface area contributed by atoms with Crippen molar-refractivity contribution in [3.63, 3.8) is 0 Å². The molecule has 0 bridgehead atoms. The van der Waals surface area contributed by atoms with Gasteiger partial charge in [-0.25, -0.2) is 9.97 Å². The molecule has 8 nitrogen and oxygen atoms in total. The maximum Gasteiger partial charge on any atom is 0.276 e. The first-order valence-corrected chi connectivity index (χ1v) is 8.47. The largest absolute Gasteiger partial charge is 0.391 e. The molecule has 4 N–H and O–H groups in total. The van der Waals surface area contributed by atoms with E-state index < -0.39 is 17.9 Å². The van der Waals surface area contributed by atoms with Crippen LogP contribution in [0.15, 0.2) is 36.7 Å². The number of carbonyl (C=O) groups excluding carboxylic acids is 2. The smallest absolute Gasteiger partial charge is 0.276 e. The zero-order valence-electron chi connectivity index (χ0n) is 14.2. The molecule has 3 rings (SSSR count). The Kier molecular flexibility index (Phi) is 7.49. The second kappa shape index (κ2) is 9.61. The lowest BCUT2D eigenvalue weighted by Crippen LogP contribution is -2.36. The van der Waals surface area contributed by atoms with Gasteiger partial charge >= 0.3 is 0 Å². The number of hydrogen-bond acceptors (Lipinski definition) is 6. The SMILES string of the molecule is Cl.O=C(NCC1CNCC1O)c1nccnc1C(=O)Nc1ccc(Cl)cc1. The van der Waals surface area contributed by atoms with Gasteiger partial charge in [-0.1, -0.05) is 11.6 Å². The van der Waals surface area contributed by atoms with Gasteiger partial charge in [0.15, 0.2) is 11.4 Å². The lowest BCUT2D eigenvalue weighted by atomic mass is 10.1. The fraction of sp³-hybridized carbons (Fsp3) is 0.294. The molecule has 2 amide bonds. The molecule has 2 unspecified atom stereocenters. The van der Waals surface area contributed by atoms with Crippen molar-refractivity contribution in [1.82, 2.24) is 20.6 Å². The van der Waals surface area contributed by atoms with Crippen LogP contribution in [0.3, 0.4) is 0 Å². The maximum absolute atomic E-state index is 12.5. The van der Waals surface area contributed by atoms with Crippen molar-refractivity contribution < 1.29 is 14.7 Å². The summed E-state index contributed by atoms with van der Waals surface area (Å²) in [4.78, 5) is 32.8. The highest BCUT2D eigenvalue weighted by atomic mass is 35.5. The van der Waals surface area contributed by atoms with Crippen molar-refractivity contribution in [3.8, 4) is 0 Å².